The summed E-state index contributed by atoms with van der Waals surface area (Å²) in [4.78, 5) is 15.8. The van der Waals surface area contributed by atoms with E-state index in [9.17, 15) is 4.79 Å². The lowest BCUT2D eigenvalue weighted by Crippen LogP contribution is -2.26. The molecule has 0 radical (unpaired) electrons. The number of aliphatic imine (C=N–C) groups is 1. The van der Waals surface area contributed by atoms with Crippen molar-refractivity contribution in [1.82, 2.24) is 5.32 Å². The Morgan fingerprint density at radius 2 is 2.18 bits per heavy atom. The molecule has 0 bridgehead atoms. The van der Waals surface area contributed by atoms with Gasteiger partial charge in [-0.15, -0.1) is 0 Å². The van der Waals surface area contributed by atoms with Crippen LogP contribution in [-0.2, 0) is 9.53 Å². The van der Waals surface area contributed by atoms with Crippen LogP contribution in [0, 0.1) is 0 Å². The Bertz CT molecular complexity index is 464. The summed E-state index contributed by atoms with van der Waals surface area (Å²) in [7, 11) is 0. The van der Waals surface area contributed by atoms with E-state index in [-0.39, 0.29) is 5.97 Å². The number of rotatable bonds is 3. The first-order chi connectivity index (χ1) is 8.31. The van der Waals surface area contributed by atoms with Crippen molar-refractivity contribution in [3.05, 3.63) is 47.7 Å². The van der Waals surface area contributed by atoms with Crippen LogP contribution in [0.5, 0.6) is 0 Å². The highest BCUT2D eigenvalue weighted by Gasteiger charge is 2.14. The van der Waals surface area contributed by atoms with Gasteiger partial charge in [0.25, 0.3) is 0 Å². The molecular formula is C13H14N2O2. The summed E-state index contributed by atoms with van der Waals surface area (Å²) < 4.78 is 4.91. The standard InChI is InChI=1S/C13H14N2O2/c1-2-17-13(16)11-8-14-12(15-9-11)10-6-4-3-5-7-10/h3-8H,2,9H2,1H3,(H,14,15). The van der Waals surface area contributed by atoms with E-state index in [1.54, 1.807) is 13.1 Å². The van der Waals surface area contributed by atoms with Crippen LogP contribution in [0.1, 0.15) is 12.5 Å². The van der Waals surface area contributed by atoms with E-state index in [2.05, 4.69) is 10.3 Å². The maximum atomic E-state index is 11.4. The molecule has 0 unspecified atom stereocenters. The molecule has 1 aromatic rings. The fourth-order valence-corrected chi connectivity index (χ4v) is 1.53. The van der Waals surface area contributed by atoms with Gasteiger partial charge in [-0.05, 0) is 6.92 Å². The number of carbonyl (C=O) groups is 1. The number of benzene rings is 1. The summed E-state index contributed by atoms with van der Waals surface area (Å²) >= 11 is 0. The first-order valence-corrected chi connectivity index (χ1v) is 5.54. The normalized spacial score (nSPS) is 14.4. The van der Waals surface area contributed by atoms with Gasteiger partial charge >= 0.3 is 5.97 Å². The van der Waals surface area contributed by atoms with Gasteiger partial charge in [-0.1, -0.05) is 30.3 Å². The molecule has 0 spiro atoms. The second-order valence-corrected chi connectivity index (χ2v) is 3.57. The maximum Gasteiger partial charge on any atom is 0.337 e. The van der Waals surface area contributed by atoms with Crippen LogP contribution >= 0.6 is 0 Å². The van der Waals surface area contributed by atoms with Crippen molar-refractivity contribution in [3.8, 4) is 0 Å². The molecule has 2 rings (SSSR count). The number of esters is 1. The highest BCUT2D eigenvalue weighted by atomic mass is 16.5. The fraction of sp³-hybridized carbons (Fsp3) is 0.231. The highest BCUT2D eigenvalue weighted by molar-refractivity contribution is 6.02. The van der Waals surface area contributed by atoms with Gasteiger partial charge in [0.2, 0.25) is 0 Å². The van der Waals surface area contributed by atoms with Gasteiger partial charge in [-0.3, -0.25) is 4.99 Å². The van der Waals surface area contributed by atoms with Crippen LogP contribution in [0.25, 0.3) is 0 Å². The molecule has 0 aliphatic carbocycles. The summed E-state index contributed by atoms with van der Waals surface area (Å²) in [5.74, 6) is 0.467. The van der Waals surface area contributed by atoms with Crippen LogP contribution in [0.15, 0.2) is 47.1 Å². The molecule has 4 heteroatoms. The third kappa shape index (κ3) is 2.72. The molecule has 0 atom stereocenters. The fourth-order valence-electron chi connectivity index (χ4n) is 1.53. The smallest absolute Gasteiger partial charge is 0.337 e. The molecule has 0 saturated carbocycles. The van der Waals surface area contributed by atoms with E-state index in [0.717, 1.165) is 11.4 Å². The van der Waals surface area contributed by atoms with Crippen LogP contribution in [-0.4, -0.2) is 25.0 Å². The third-order valence-electron chi connectivity index (χ3n) is 2.38. The lowest BCUT2D eigenvalue weighted by molar-refractivity contribution is -0.138. The molecule has 88 valence electrons. The molecular weight excluding hydrogens is 216 g/mol. The molecule has 1 aromatic carbocycles. The lowest BCUT2D eigenvalue weighted by Gasteiger charge is -2.14. The maximum absolute atomic E-state index is 11.4. The second kappa shape index (κ2) is 5.30. The van der Waals surface area contributed by atoms with Crippen molar-refractivity contribution in [3.63, 3.8) is 0 Å². The van der Waals surface area contributed by atoms with Crippen LogP contribution in [0.3, 0.4) is 0 Å². The predicted octanol–water partition coefficient (Wildman–Crippen LogP) is 1.48. The minimum atomic E-state index is -0.309. The van der Waals surface area contributed by atoms with Crippen molar-refractivity contribution >= 4 is 11.8 Å². The minimum absolute atomic E-state index is 0.309. The Kier molecular flexibility index (Phi) is 3.55. The van der Waals surface area contributed by atoms with Crippen molar-refractivity contribution in [2.75, 3.05) is 13.2 Å². The Morgan fingerprint density at radius 1 is 1.41 bits per heavy atom. The van der Waals surface area contributed by atoms with Gasteiger partial charge in [0.05, 0.1) is 18.7 Å². The van der Waals surface area contributed by atoms with Crippen molar-refractivity contribution in [2.45, 2.75) is 6.92 Å². The topological polar surface area (TPSA) is 50.7 Å². The second-order valence-electron chi connectivity index (χ2n) is 3.57. The molecule has 1 heterocycles. The monoisotopic (exact) mass is 230 g/mol. The molecule has 1 aliphatic rings. The number of hydrogen-bond acceptors (Lipinski definition) is 4. The molecule has 0 fully saturated rings. The summed E-state index contributed by atoms with van der Waals surface area (Å²) in [6, 6.07) is 9.78. The van der Waals surface area contributed by atoms with Crippen LogP contribution in [0.4, 0.5) is 0 Å². The molecule has 4 nitrogen and oxygen atoms in total. The highest BCUT2D eigenvalue weighted by Crippen LogP contribution is 2.07. The van der Waals surface area contributed by atoms with Crippen molar-refractivity contribution in [1.29, 1.82) is 0 Å². The number of ether oxygens (including phenoxy) is 1. The van der Waals surface area contributed by atoms with Gasteiger partial charge in [-0.2, -0.15) is 0 Å². The van der Waals surface area contributed by atoms with Crippen LogP contribution < -0.4 is 5.32 Å². The molecule has 0 aromatic heterocycles. The summed E-state index contributed by atoms with van der Waals surface area (Å²) in [6.07, 6.45) is 1.66. The van der Waals surface area contributed by atoms with Gasteiger partial charge in [0.1, 0.15) is 5.84 Å². The number of amidine groups is 1. The first kappa shape index (κ1) is 11.4. The number of hydrogen-bond donors (Lipinski definition) is 1. The molecule has 17 heavy (non-hydrogen) atoms. The Labute approximate surface area is 100 Å². The molecule has 1 N–H and O–H groups in total. The van der Waals surface area contributed by atoms with E-state index in [1.807, 2.05) is 30.3 Å². The van der Waals surface area contributed by atoms with Crippen LogP contribution in [0.2, 0.25) is 0 Å². The zero-order chi connectivity index (χ0) is 12.1. The molecule has 0 saturated heterocycles. The van der Waals surface area contributed by atoms with Crippen molar-refractivity contribution < 1.29 is 9.53 Å². The van der Waals surface area contributed by atoms with E-state index < -0.39 is 0 Å². The Balaban J connectivity index is 2.04. The van der Waals surface area contributed by atoms with Gasteiger partial charge < -0.3 is 10.1 Å². The van der Waals surface area contributed by atoms with Gasteiger partial charge in [-0.25, -0.2) is 4.79 Å². The SMILES string of the molecule is CCOC(=O)C1=CNC(c2ccccc2)=NC1. The predicted molar refractivity (Wildman–Crippen MR) is 65.7 cm³/mol. The number of nitrogens with one attached hydrogen (secondary N) is 1. The zero-order valence-corrected chi connectivity index (χ0v) is 9.64. The van der Waals surface area contributed by atoms with E-state index in [0.29, 0.717) is 18.7 Å². The van der Waals surface area contributed by atoms with Crippen molar-refractivity contribution in [2.24, 2.45) is 4.99 Å². The lowest BCUT2D eigenvalue weighted by atomic mass is 10.2. The third-order valence-corrected chi connectivity index (χ3v) is 2.38. The molecule has 1 aliphatic heterocycles. The number of carbonyl (C=O) groups excluding carboxylic acids is 1. The minimum Gasteiger partial charge on any atom is -0.463 e. The van der Waals surface area contributed by atoms with E-state index in [1.165, 1.54) is 0 Å². The first-order valence-electron chi connectivity index (χ1n) is 5.54. The largest absolute Gasteiger partial charge is 0.463 e. The van der Waals surface area contributed by atoms with Gasteiger partial charge in [0, 0.05) is 11.8 Å². The Morgan fingerprint density at radius 3 is 2.76 bits per heavy atom. The van der Waals surface area contributed by atoms with E-state index >= 15 is 0 Å². The summed E-state index contributed by atoms with van der Waals surface area (Å²) in [6.45, 7) is 2.52. The van der Waals surface area contributed by atoms with E-state index in [4.69, 9.17) is 4.74 Å². The Hall–Kier alpha value is -2.10. The average Bonchev–Trinajstić information content (AvgIpc) is 2.40. The van der Waals surface area contributed by atoms with Gasteiger partial charge in [0.15, 0.2) is 0 Å². The average molecular weight is 230 g/mol. The quantitative estimate of drug-likeness (QED) is 0.800. The number of nitrogens with zero attached hydrogens (tertiary/aromatic N) is 1. The zero-order valence-electron chi connectivity index (χ0n) is 9.64. The summed E-state index contributed by atoms with van der Waals surface area (Å²) in [5, 5.41) is 3.01. The molecule has 0 amide bonds. The summed E-state index contributed by atoms with van der Waals surface area (Å²) in [5.41, 5.74) is 1.55.